The largest absolute Gasteiger partial charge is 0.466 e. The van der Waals surface area contributed by atoms with Gasteiger partial charge in [0.15, 0.2) is 0 Å². The summed E-state index contributed by atoms with van der Waals surface area (Å²) in [6.45, 7) is 5.01. The predicted molar refractivity (Wildman–Crippen MR) is 366 cm³/mol. The average Bonchev–Trinajstić information content (AvgIpc) is 3.49. The molecule has 0 aliphatic heterocycles. The van der Waals surface area contributed by atoms with Gasteiger partial charge in [-0.15, -0.1) is 0 Å². The van der Waals surface area contributed by atoms with Crippen LogP contribution in [-0.4, -0.2) is 47.4 Å². The molecular weight excluding hydrogens is 1020 g/mol. The molecule has 2 unspecified atom stereocenters. The summed E-state index contributed by atoms with van der Waals surface area (Å²) < 4.78 is 5.51. The first-order valence-electron chi connectivity index (χ1n) is 38.4. The molecule has 0 spiro atoms. The maximum absolute atomic E-state index is 12.6. The monoisotopic (exact) mass is 1170 g/mol. The molecule has 3 N–H and O–H groups in total. The third-order valence-corrected chi connectivity index (χ3v) is 18.3. The van der Waals surface area contributed by atoms with Crippen LogP contribution in [0.25, 0.3) is 0 Å². The number of carbonyl (C=O) groups is 2. The van der Waals surface area contributed by atoms with Gasteiger partial charge in [-0.2, -0.15) is 0 Å². The SMILES string of the molecule is CCCCCCCCCCCCCCCCCCCCCCCCCC(O)C(CO)NC(=O)CCCCCCCCCCCCC/C=C\CCCCCCCCCCCCCCOC(=O)CCCCCCCCCCCCCCCCCC. The smallest absolute Gasteiger partial charge is 0.305 e. The number of carbonyl (C=O) groups excluding carboxylic acids is 2. The van der Waals surface area contributed by atoms with Crippen molar-refractivity contribution in [2.45, 2.75) is 456 Å². The molecular formula is C77H151NO5. The van der Waals surface area contributed by atoms with Crippen LogP contribution in [-0.2, 0) is 14.3 Å². The Morgan fingerprint density at radius 3 is 0.855 bits per heavy atom. The molecule has 0 saturated heterocycles. The maximum Gasteiger partial charge on any atom is 0.305 e. The maximum atomic E-state index is 12.6. The summed E-state index contributed by atoms with van der Waals surface area (Å²) in [5, 5.41) is 23.5. The lowest BCUT2D eigenvalue weighted by atomic mass is 10.0. The van der Waals surface area contributed by atoms with Crippen LogP contribution >= 0.6 is 0 Å². The third kappa shape index (κ3) is 69.6. The van der Waals surface area contributed by atoms with Crippen molar-refractivity contribution in [3.05, 3.63) is 12.2 Å². The molecule has 0 heterocycles. The van der Waals surface area contributed by atoms with Crippen molar-refractivity contribution in [2.75, 3.05) is 13.2 Å². The molecule has 0 radical (unpaired) electrons. The van der Waals surface area contributed by atoms with Crippen molar-refractivity contribution in [3.63, 3.8) is 0 Å². The Morgan fingerprint density at radius 2 is 0.566 bits per heavy atom. The highest BCUT2D eigenvalue weighted by atomic mass is 16.5. The van der Waals surface area contributed by atoms with Gasteiger partial charge in [0, 0.05) is 12.8 Å². The van der Waals surface area contributed by atoms with Gasteiger partial charge in [0.1, 0.15) is 0 Å². The molecule has 0 aromatic carbocycles. The number of unbranched alkanes of at least 4 members (excludes halogenated alkanes) is 60. The second kappa shape index (κ2) is 73.1. The van der Waals surface area contributed by atoms with Crippen molar-refractivity contribution >= 4 is 11.9 Å². The van der Waals surface area contributed by atoms with E-state index in [4.69, 9.17) is 4.74 Å². The molecule has 494 valence electrons. The average molecular weight is 1170 g/mol. The zero-order valence-corrected chi connectivity index (χ0v) is 56.7. The molecule has 0 aliphatic rings. The quantitative estimate of drug-likeness (QED) is 0.0320. The van der Waals surface area contributed by atoms with E-state index in [-0.39, 0.29) is 18.5 Å². The van der Waals surface area contributed by atoms with E-state index in [1.807, 2.05) is 0 Å². The van der Waals surface area contributed by atoms with E-state index in [2.05, 4.69) is 31.3 Å². The summed E-state index contributed by atoms with van der Waals surface area (Å²) in [5.74, 6) is -0.0101. The van der Waals surface area contributed by atoms with Crippen molar-refractivity contribution in [3.8, 4) is 0 Å². The highest BCUT2D eigenvalue weighted by molar-refractivity contribution is 5.76. The number of hydrogen-bond acceptors (Lipinski definition) is 5. The molecule has 0 aromatic rings. The number of allylic oxidation sites excluding steroid dienone is 2. The number of rotatable bonds is 73. The number of aliphatic hydroxyl groups excluding tert-OH is 2. The summed E-state index contributed by atoms with van der Waals surface area (Å²) >= 11 is 0. The molecule has 0 fully saturated rings. The molecule has 6 nitrogen and oxygen atoms in total. The van der Waals surface area contributed by atoms with Crippen molar-refractivity contribution in [2.24, 2.45) is 0 Å². The zero-order chi connectivity index (χ0) is 59.9. The molecule has 0 rings (SSSR count). The first-order valence-corrected chi connectivity index (χ1v) is 38.4. The zero-order valence-electron chi connectivity index (χ0n) is 56.7. The fourth-order valence-electron chi connectivity index (χ4n) is 12.5. The van der Waals surface area contributed by atoms with Crippen LogP contribution in [0.4, 0.5) is 0 Å². The van der Waals surface area contributed by atoms with Gasteiger partial charge in [-0.05, 0) is 51.4 Å². The first-order chi connectivity index (χ1) is 41.0. The molecule has 0 saturated carbocycles. The number of esters is 1. The standard InChI is InChI=1S/C77H151NO5/c1-3-5-7-9-11-13-15-17-19-21-22-23-29-32-35-38-41-45-49-53-57-61-65-69-75(80)74(73-79)78-76(81)70-66-62-58-54-50-46-42-39-36-33-30-27-25-24-26-28-31-34-37-40-44-48-52-56-60-64-68-72-83-77(82)71-67-63-59-55-51-47-43-20-18-16-14-12-10-8-6-4-2/h24-25,74-75,79-80H,3-23,26-73H2,1-2H3,(H,78,81)/b25-24-. The van der Waals surface area contributed by atoms with Crippen LogP contribution in [0.5, 0.6) is 0 Å². The minimum absolute atomic E-state index is 0.0200. The summed E-state index contributed by atoms with van der Waals surface area (Å²) in [5.41, 5.74) is 0. The highest BCUT2D eigenvalue weighted by Crippen LogP contribution is 2.20. The molecule has 0 bridgehead atoms. The molecule has 0 aromatic heterocycles. The molecule has 83 heavy (non-hydrogen) atoms. The molecule has 1 amide bonds. The molecule has 0 aliphatic carbocycles. The van der Waals surface area contributed by atoms with E-state index < -0.39 is 12.1 Å². The number of ether oxygens (including phenoxy) is 1. The Kier molecular flexibility index (Phi) is 71.8. The number of amides is 1. The van der Waals surface area contributed by atoms with Crippen LogP contribution in [0, 0.1) is 0 Å². The lowest BCUT2D eigenvalue weighted by Crippen LogP contribution is -2.45. The van der Waals surface area contributed by atoms with Gasteiger partial charge in [0.2, 0.25) is 5.91 Å². The van der Waals surface area contributed by atoms with Gasteiger partial charge >= 0.3 is 5.97 Å². The van der Waals surface area contributed by atoms with Crippen LogP contribution in [0.1, 0.15) is 444 Å². The van der Waals surface area contributed by atoms with Gasteiger partial charge in [-0.3, -0.25) is 9.59 Å². The lowest BCUT2D eigenvalue weighted by Gasteiger charge is -2.22. The summed E-state index contributed by atoms with van der Waals surface area (Å²) in [7, 11) is 0. The Hall–Kier alpha value is -1.40. The number of aliphatic hydroxyl groups is 2. The first kappa shape index (κ1) is 81.6. The normalized spacial score (nSPS) is 12.5. The van der Waals surface area contributed by atoms with Crippen LogP contribution in [0.3, 0.4) is 0 Å². The second-order valence-electron chi connectivity index (χ2n) is 26.7. The van der Waals surface area contributed by atoms with Crippen LogP contribution in [0.2, 0.25) is 0 Å². The minimum atomic E-state index is -0.666. The Bertz CT molecular complexity index is 1260. The predicted octanol–water partition coefficient (Wildman–Crippen LogP) is 25.1. The van der Waals surface area contributed by atoms with Crippen LogP contribution in [0.15, 0.2) is 12.2 Å². The van der Waals surface area contributed by atoms with Crippen molar-refractivity contribution < 1.29 is 24.5 Å². The number of hydrogen-bond donors (Lipinski definition) is 3. The van der Waals surface area contributed by atoms with Gasteiger partial charge in [-0.1, -0.05) is 392 Å². The fraction of sp³-hybridized carbons (Fsp3) is 0.948. The van der Waals surface area contributed by atoms with E-state index in [1.165, 1.54) is 372 Å². The van der Waals surface area contributed by atoms with Crippen LogP contribution < -0.4 is 5.32 Å². The van der Waals surface area contributed by atoms with E-state index in [1.54, 1.807) is 0 Å². The fourth-order valence-corrected chi connectivity index (χ4v) is 12.5. The Labute approximate surface area is 520 Å². The van der Waals surface area contributed by atoms with E-state index in [0.29, 0.717) is 25.9 Å². The lowest BCUT2D eigenvalue weighted by molar-refractivity contribution is -0.143. The van der Waals surface area contributed by atoms with Gasteiger partial charge in [0.25, 0.3) is 0 Å². The Morgan fingerprint density at radius 1 is 0.325 bits per heavy atom. The minimum Gasteiger partial charge on any atom is -0.466 e. The van der Waals surface area contributed by atoms with Gasteiger partial charge in [0.05, 0.1) is 25.4 Å². The van der Waals surface area contributed by atoms with Gasteiger partial charge in [-0.25, -0.2) is 0 Å². The summed E-state index contributed by atoms with van der Waals surface area (Å²) in [4.78, 5) is 24.7. The van der Waals surface area contributed by atoms with E-state index >= 15 is 0 Å². The third-order valence-electron chi connectivity index (χ3n) is 18.3. The topological polar surface area (TPSA) is 95.9 Å². The van der Waals surface area contributed by atoms with Gasteiger partial charge < -0.3 is 20.3 Å². The molecule has 2 atom stereocenters. The molecule has 6 heteroatoms. The van der Waals surface area contributed by atoms with Crippen molar-refractivity contribution in [1.29, 1.82) is 0 Å². The summed E-state index contributed by atoms with van der Waals surface area (Å²) in [6.07, 6.45) is 91.4. The number of nitrogens with one attached hydrogen (secondary N) is 1. The van der Waals surface area contributed by atoms with E-state index in [0.717, 1.165) is 38.5 Å². The summed E-state index contributed by atoms with van der Waals surface area (Å²) in [6, 6.07) is -0.543. The van der Waals surface area contributed by atoms with E-state index in [9.17, 15) is 19.8 Å². The highest BCUT2D eigenvalue weighted by Gasteiger charge is 2.20. The Balaban J connectivity index is 3.37. The second-order valence-corrected chi connectivity index (χ2v) is 26.7. The van der Waals surface area contributed by atoms with Crippen molar-refractivity contribution in [1.82, 2.24) is 5.32 Å².